The van der Waals surface area contributed by atoms with Crippen LogP contribution in [0.25, 0.3) is 0 Å². The summed E-state index contributed by atoms with van der Waals surface area (Å²) >= 11 is 4.38. The summed E-state index contributed by atoms with van der Waals surface area (Å²) in [5.41, 5.74) is 2.94. The third-order valence-corrected chi connectivity index (χ3v) is 7.75. The molecule has 3 aliphatic carbocycles. The average Bonchev–Trinajstić information content (AvgIpc) is 2.46. The lowest BCUT2D eigenvalue weighted by molar-refractivity contribution is 0.0975. The maximum Gasteiger partial charge on any atom is 0.0203 e. The van der Waals surface area contributed by atoms with Crippen LogP contribution in [0.3, 0.4) is 0 Å². The predicted molar refractivity (Wildman–Crippen MR) is 94.8 cm³/mol. The van der Waals surface area contributed by atoms with Crippen molar-refractivity contribution in [3.63, 3.8) is 0 Å². The molecule has 0 heterocycles. The molecule has 3 fully saturated rings. The van der Waals surface area contributed by atoms with Gasteiger partial charge < -0.3 is 0 Å². The third kappa shape index (κ3) is 2.76. The molecule has 0 saturated heterocycles. The Kier molecular flexibility index (Phi) is 3.55. The highest BCUT2D eigenvalue weighted by molar-refractivity contribution is 8.02. The highest BCUT2D eigenvalue weighted by Gasteiger charge is 2.68. The van der Waals surface area contributed by atoms with Crippen LogP contribution in [0, 0.1) is 0 Å². The van der Waals surface area contributed by atoms with Gasteiger partial charge in [0.1, 0.15) is 0 Å². The van der Waals surface area contributed by atoms with Crippen LogP contribution in [-0.2, 0) is 11.5 Å². The minimum Gasteiger partial charge on any atom is -0.150 e. The Morgan fingerprint density at radius 3 is 1.38 bits per heavy atom. The van der Waals surface area contributed by atoms with Crippen LogP contribution in [0.15, 0.2) is 60.7 Å². The van der Waals surface area contributed by atoms with Crippen molar-refractivity contribution in [3.8, 4) is 0 Å². The number of thioether (sulfide) groups is 2. The Morgan fingerprint density at radius 2 is 1.00 bits per heavy atom. The van der Waals surface area contributed by atoms with Gasteiger partial charge in [0.15, 0.2) is 0 Å². The summed E-state index contributed by atoms with van der Waals surface area (Å²) in [4.78, 5) is 0. The molecule has 0 unspecified atom stereocenters. The fourth-order valence-corrected chi connectivity index (χ4v) is 7.41. The molecular formula is C19H20S2. The normalized spacial score (nSPS) is 29.5. The van der Waals surface area contributed by atoms with Crippen LogP contribution in [0.2, 0.25) is 0 Å². The molecule has 2 bridgehead atoms. The van der Waals surface area contributed by atoms with E-state index in [-0.39, 0.29) is 0 Å². The van der Waals surface area contributed by atoms with E-state index in [0.717, 1.165) is 0 Å². The van der Waals surface area contributed by atoms with Gasteiger partial charge in [0, 0.05) is 21.0 Å². The second kappa shape index (κ2) is 5.40. The predicted octanol–water partition coefficient (Wildman–Crippen LogP) is 5.53. The molecule has 21 heavy (non-hydrogen) atoms. The van der Waals surface area contributed by atoms with E-state index in [4.69, 9.17) is 0 Å². The van der Waals surface area contributed by atoms with Gasteiger partial charge >= 0.3 is 0 Å². The molecule has 2 heteroatoms. The van der Waals surface area contributed by atoms with Crippen molar-refractivity contribution >= 4 is 23.5 Å². The van der Waals surface area contributed by atoms with E-state index in [0.29, 0.717) is 9.49 Å². The summed E-state index contributed by atoms with van der Waals surface area (Å²) in [6.45, 7) is 0. The van der Waals surface area contributed by atoms with Gasteiger partial charge in [0.2, 0.25) is 0 Å². The van der Waals surface area contributed by atoms with E-state index in [2.05, 4.69) is 84.2 Å². The van der Waals surface area contributed by atoms with Gasteiger partial charge in [-0.2, -0.15) is 23.5 Å². The molecule has 5 rings (SSSR count). The average molecular weight is 313 g/mol. The van der Waals surface area contributed by atoms with Crippen molar-refractivity contribution in [2.24, 2.45) is 0 Å². The van der Waals surface area contributed by atoms with Gasteiger partial charge in [-0.05, 0) is 30.4 Å². The standard InChI is InChI=1S/C19H20S2/c1-3-7-16(8-4-1)11-20-18-13-19(14-18,15-18)21-12-17-9-5-2-6-10-17/h1-10H,11-15H2. The molecule has 0 aromatic heterocycles. The van der Waals surface area contributed by atoms with E-state index in [1.54, 1.807) is 0 Å². The fourth-order valence-electron chi connectivity index (χ4n) is 3.53. The quantitative estimate of drug-likeness (QED) is 0.688. The van der Waals surface area contributed by atoms with Gasteiger partial charge in [-0.3, -0.25) is 0 Å². The van der Waals surface area contributed by atoms with E-state index >= 15 is 0 Å². The van der Waals surface area contributed by atoms with Gasteiger partial charge in [-0.15, -0.1) is 0 Å². The molecule has 108 valence electrons. The zero-order valence-corrected chi connectivity index (χ0v) is 13.8. The van der Waals surface area contributed by atoms with Crippen LogP contribution < -0.4 is 0 Å². The van der Waals surface area contributed by atoms with Crippen molar-refractivity contribution in [1.29, 1.82) is 0 Å². The second-order valence-corrected chi connectivity index (χ2v) is 9.33. The van der Waals surface area contributed by atoms with Crippen molar-refractivity contribution in [2.75, 3.05) is 0 Å². The fraction of sp³-hybridized carbons (Fsp3) is 0.368. The zero-order chi connectivity index (χ0) is 14.2. The molecule has 0 spiro atoms. The molecule has 0 aliphatic heterocycles. The summed E-state index contributed by atoms with van der Waals surface area (Å²) in [7, 11) is 0. The van der Waals surface area contributed by atoms with Crippen LogP contribution in [-0.4, -0.2) is 9.49 Å². The number of hydrogen-bond donors (Lipinski definition) is 0. The lowest BCUT2D eigenvalue weighted by atomic mass is 9.54. The molecule has 0 N–H and O–H groups in total. The van der Waals surface area contributed by atoms with Crippen molar-refractivity contribution in [3.05, 3.63) is 71.8 Å². The molecule has 2 aromatic carbocycles. The molecule has 2 aromatic rings. The second-order valence-electron chi connectivity index (χ2n) is 6.44. The highest BCUT2D eigenvalue weighted by atomic mass is 32.2. The summed E-state index contributed by atoms with van der Waals surface area (Å²) in [5, 5.41) is 0. The Bertz CT molecular complexity index is 533. The molecule has 0 radical (unpaired) electrons. The zero-order valence-electron chi connectivity index (χ0n) is 12.1. The summed E-state index contributed by atoms with van der Waals surface area (Å²) in [6, 6.07) is 21.8. The van der Waals surface area contributed by atoms with Crippen LogP contribution in [0.4, 0.5) is 0 Å². The van der Waals surface area contributed by atoms with Crippen LogP contribution in [0.1, 0.15) is 30.4 Å². The van der Waals surface area contributed by atoms with Crippen LogP contribution >= 0.6 is 23.5 Å². The number of hydrogen-bond acceptors (Lipinski definition) is 2. The topological polar surface area (TPSA) is 0 Å². The van der Waals surface area contributed by atoms with E-state index in [1.165, 1.54) is 41.9 Å². The van der Waals surface area contributed by atoms with E-state index < -0.39 is 0 Å². The minimum atomic E-state index is 0.625. The minimum absolute atomic E-state index is 0.625. The lowest BCUT2D eigenvalue weighted by Gasteiger charge is -2.70. The first kappa shape index (κ1) is 13.8. The third-order valence-electron chi connectivity index (χ3n) is 4.71. The molecule has 0 amide bonds. The molecule has 0 atom stereocenters. The molecule has 3 saturated carbocycles. The Balaban J connectivity index is 1.25. The first-order valence-corrected chi connectivity index (χ1v) is 9.61. The number of benzene rings is 2. The van der Waals surface area contributed by atoms with E-state index in [1.807, 2.05) is 0 Å². The number of rotatable bonds is 6. The molecule has 3 aliphatic rings. The van der Waals surface area contributed by atoms with Crippen molar-refractivity contribution in [2.45, 2.75) is 40.3 Å². The largest absolute Gasteiger partial charge is 0.150 e. The van der Waals surface area contributed by atoms with Gasteiger partial charge in [-0.1, -0.05) is 60.7 Å². The Hall–Kier alpha value is -0.860. The lowest BCUT2D eigenvalue weighted by Crippen LogP contribution is -2.68. The highest BCUT2D eigenvalue weighted by Crippen LogP contribution is 2.73. The Labute approximate surface area is 135 Å². The smallest absolute Gasteiger partial charge is 0.0203 e. The molecule has 0 nitrogen and oxygen atoms in total. The summed E-state index contributed by atoms with van der Waals surface area (Å²) in [6.07, 6.45) is 4.28. The SMILES string of the molecule is c1ccc(CSC23CC(SCc4ccccc4)(C2)C3)cc1. The first-order chi connectivity index (χ1) is 10.3. The summed E-state index contributed by atoms with van der Waals surface area (Å²) < 4.78 is 1.25. The first-order valence-electron chi connectivity index (χ1n) is 7.64. The monoisotopic (exact) mass is 312 g/mol. The van der Waals surface area contributed by atoms with Gasteiger partial charge in [0.05, 0.1) is 0 Å². The maximum atomic E-state index is 2.25. The maximum absolute atomic E-state index is 2.25. The van der Waals surface area contributed by atoms with Crippen molar-refractivity contribution in [1.82, 2.24) is 0 Å². The van der Waals surface area contributed by atoms with Gasteiger partial charge in [0.25, 0.3) is 0 Å². The van der Waals surface area contributed by atoms with Gasteiger partial charge in [-0.25, -0.2) is 0 Å². The van der Waals surface area contributed by atoms with Crippen molar-refractivity contribution < 1.29 is 0 Å². The Morgan fingerprint density at radius 1 is 0.619 bits per heavy atom. The summed E-state index contributed by atoms with van der Waals surface area (Å²) in [5.74, 6) is 2.36. The molecular weight excluding hydrogens is 292 g/mol. The van der Waals surface area contributed by atoms with Crippen LogP contribution in [0.5, 0.6) is 0 Å². The van der Waals surface area contributed by atoms with E-state index in [9.17, 15) is 0 Å².